The average molecular weight is 455 g/mol. The molecule has 0 aliphatic carbocycles. The standard InChI is InChI=1S/C20H36F2N2O5S/c1-10(2)14(18-16(26)15(25)17(27)20(29-18)30-3)24-19(28)12-9-11(7-8-23-12)5-4-6-13(21)22/h10-18,20,23,25-27H,4-9H2,1-3H3,(H,24,28). The molecule has 0 aromatic carbocycles. The molecule has 2 fully saturated rings. The minimum absolute atomic E-state index is 0.0935. The fraction of sp³-hybridized carbons (Fsp3) is 0.950. The summed E-state index contributed by atoms with van der Waals surface area (Å²) in [5.74, 6) is -0.110. The van der Waals surface area contributed by atoms with Gasteiger partial charge in [-0.2, -0.15) is 0 Å². The molecule has 10 heteroatoms. The van der Waals surface area contributed by atoms with E-state index in [-0.39, 0.29) is 24.2 Å². The van der Waals surface area contributed by atoms with Gasteiger partial charge in [0.25, 0.3) is 0 Å². The van der Waals surface area contributed by atoms with Crippen LogP contribution in [-0.2, 0) is 9.53 Å². The maximum atomic E-state index is 12.9. The number of aliphatic hydroxyl groups excluding tert-OH is 3. The summed E-state index contributed by atoms with van der Waals surface area (Å²) in [4.78, 5) is 12.9. The fourth-order valence-corrected chi connectivity index (χ4v) is 4.96. The Hall–Kier alpha value is -0.520. The maximum absolute atomic E-state index is 12.9. The number of halogens is 2. The number of hydrogen-bond donors (Lipinski definition) is 5. The van der Waals surface area contributed by atoms with Gasteiger partial charge >= 0.3 is 0 Å². The van der Waals surface area contributed by atoms with E-state index in [1.54, 1.807) is 6.26 Å². The van der Waals surface area contributed by atoms with Crippen LogP contribution in [0.4, 0.5) is 8.78 Å². The van der Waals surface area contributed by atoms with E-state index in [0.717, 1.165) is 6.42 Å². The molecule has 0 aromatic rings. The molecule has 8 atom stereocenters. The third-order valence-electron chi connectivity index (χ3n) is 6.08. The van der Waals surface area contributed by atoms with Crippen molar-refractivity contribution in [3.63, 3.8) is 0 Å². The van der Waals surface area contributed by atoms with Gasteiger partial charge in [-0.05, 0) is 43.9 Å². The maximum Gasteiger partial charge on any atom is 0.238 e. The van der Waals surface area contributed by atoms with Crippen LogP contribution in [0.15, 0.2) is 0 Å². The van der Waals surface area contributed by atoms with Gasteiger partial charge in [0.1, 0.15) is 29.9 Å². The van der Waals surface area contributed by atoms with Crippen LogP contribution in [0, 0.1) is 11.8 Å². The molecule has 8 unspecified atom stereocenters. The zero-order valence-corrected chi connectivity index (χ0v) is 18.7. The Kier molecular flexibility index (Phi) is 10.2. The minimum Gasteiger partial charge on any atom is -0.388 e. The summed E-state index contributed by atoms with van der Waals surface area (Å²) in [5, 5.41) is 36.9. The van der Waals surface area contributed by atoms with E-state index in [0.29, 0.717) is 25.8 Å². The largest absolute Gasteiger partial charge is 0.388 e. The SMILES string of the molecule is CSC1OC(C(NC(=O)C2CC(CCCC(F)F)CCN2)C(C)C)C(O)C(O)C1O. The monoisotopic (exact) mass is 454 g/mol. The summed E-state index contributed by atoms with van der Waals surface area (Å²) in [6, 6.07) is -1.01. The van der Waals surface area contributed by atoms with Crippen LogP contribution in [0.1, 0.15) is 46.0 Å². The molecular weight excluding hydrogens is 418 g/mol. The third-order valence-corrected chi connectivity index (χ3v) is 6.94. The number of aliphatic hydroxyl groups is 3. The van der Waals surface area contributed by atoms with Crippen molar-refractivity contribution in [1.82, 2.24) is 10.6 Å². The van der Waals surface area contributed by atoms with Crippen molar-refractivity contribution in [3.05, 3.63) is 0 Å². The number of hydrogen-bond acceptors (Lipinski definition) is 7. The lowest BCUT2D eigenvalue weighted by atomic mass is 9.86. The van der Waals surface area contributed by atoms with Gasteiger partial charge in [0, 0.05) is 6.42 Å². The Bertz CT molecular complexity index is 543. The number of rotatable bonds is 9. The molecule has 2 aliphatic heterocycles. The van der Waals surface area contributed by atoms with E-state index in [9.17, 15) is 28.9 Å². The molecule has 0 radical (unpaired) electrons. The summed E-state index contributed by atoms with van der Waals surface area (Å²) in [7, 11) is 0. The molecule has 1 amide bonds. The van der Waals surface area contributed by atoms with Gasteiger partial charge in [0.05, 0.1) is 12.1 Å². The number of thioether (sulfide) groups is 1. The van der Waals surface area contributed by atoms with E-state index < -0.39 is 48.4 Å². The predicted octanol–water partition coefficient (Wildman–Crippen LogP) is 1.10. The highest BCUT2D eigenvalue weighted by Gasteiger charge is 2.47. The molecule has 2 aliphatic rings. The number of alkyl halides is 2. The first-order valence-corrected chi connectivity index (χ1v) is 12.0. The van der Waals surface area contributed by atoms with Crippen molar-refractivity contribution in [1.29, 1.82) is 0 Å². The van der Waals surface area contributed by atoms with E-state index in [1.807, 2.05) is 13.8 Å². The number of piperidine rings is 1. The zero-order chi connectivity index (χ0) is 22.4. The Balaban J connectivity index is 1.99. The lowest BCUT2D eigenvalue weighted by molar-refractivity contribution is -0.208. The van der Waals surface area contributed by atoms with E-state index in [4.69, 9.17) is 4.74 Å². The van der Waals surface area contributed by atoms with Gasteiger partial charge in [-0.15, -0.1) is 11.8 Å². The predicted molar refractivity (Wildman–Crippen MR) is 111 cm³/mol. The molecule has 5 N–H and O–H groups in total. The minimum atomic E-state index is -2.29. The molecule has 0 spiro atoms. The number of nitrogens with one attached hydrogen (secondary N) is 2. The third kappa shape index (κ3) is 6.74. The van der Waals surface area contributed by atoms with E-state index in [1.165, 1.54) is 11.8 Å². The smallest absolute Gasteiger partial charge is 0.238 e. The van der Waals surface area contributed by atoms with Crippen LogP contribution in [0.2, 0.25) is 0 Å². The van der Waals surface area contributed by atoms with Crippen LogP contribution in [0.25, 0.3) is 0 Å². The van der Waals surface area contributed by atoms with Crippen molar-refractivity contribution in [2.75, 3.05) is 12.8 Å². The Morgan fingerprint density at radius 3 is 2.53 bits per heavy atom. The van der Waals surface area contributed by atoms with Crippen molar-refractivity contribution in [2.24, 2.45) is 11.8 Å². The summed E-state index contributed by atoms with van der Waals surface area (Å²) >= 11 is 1.23. The molecule has 30 heavy (non-hydrogen) atoms. The van der Waals surface area contributed by atoms with Gasteiger partial charge in [-0.3, -0.25) is 4.79 Å². The van der Waals surface area contributed by atoms with E-state index in [2.05, 4.69) is 10.6 Å². The van der Waals surface area contributed by atoms with Crippen LogP contribution in [-0.4, -0.2) is 82.4 Å². The second-order valence-corrected chi connectivity index (χ2v) is 9.61. The van der Waals surface area contributed by atoms with Gasteiger partial charge in [-0.25, -0.2) is 8.78 Å². The molecular formula is C20H36F2N2O5S. The molecule has 0 saturated carbocycles. The topological polar surface area (TPSA) is 111 Å². The molecule has 2 rings (SSSR count). The number of ether oxygens (including phenoxy) is 1. The normalized spacial score (nSPS) is 36.1. The Morgan fingerprint density at radius 2 is 1.93 bits per heavy atom. The van der Waals surface area contributed by atoms with Crippen molar-refractivity contribution in [2.45, 2.75) is 94.3 Å². The highest BCUT2D eigenvalue weighted by atomic mass is 32.2. The molecule has 2 heterocycles. The molecule has 7 nitrogen and oxygen atoms in total. The summed E-state index contributed by atoms with van der Waals surface area (Å²) in [6.45, 7) is 4.41. The van der Waals surface area contributed by atoms with Gasteiger partial charge in [0.2, 0.25) is 12.3 Å². The van der Waals surface area contributed by atoms with Crippen LogP contribution < -0.4 is 10.6 Å². The average Bonchev–Trinajstić information content (AvgIpc) is 2.70. The van der Waals surface area contributed by atoms with Crippen LogP contribution in [0.5, 0.6) is 0 Å². The van der Waals surface area contributed by atoms with Crippen LogP contribution >= 0.6 is 11.8 Å². The molecule has 0 aromatic heterocycles. The van der Waals surface area contributed by atoms with Crippen molar-refractivity contribution in [3.8, 4) is 0 Å². The summed E-state index contributed by atoms with van der Waals surface area (Å²) in [5.41, 5.74) is -0.710. The van der Waals surface area contributed by atoms with E-state index >= 15 is 0 Å². The Labute approximate surface area is 181 Å². The fourth-order valence-electron chi connectivity index (χ4n) is 4.28. The van der Waals surface area contributed by atoms with Crippen molar-refractivity contribution < 1.29 is 33.6 Å². The number of amides is 1. The van der Waals surface area contributed by atoms with Gasteiger partial charge in [0.15, 0.2) is 0 Å². The first-order chi connectivity index (χ1) is 14.1. The second-order valence-electron chi connectivity index (χ2n) is 8.67. The molecule has 176 valence electrons. The first kappa shape index (κ1) is 25.7. The zero-order valence-electron chi connectivity index (χ0n) is 17.8. The molecule has 2 saturated heterocycles. The molecule has 0 bridgehead atoms. The lowest BCUT2D eigenvalue weighted by Crippen LogP contribution is -2.65. The second kappa shape index (κ2) is 11.9. The lowest BCUT2D eigenvalue weighted by Gasteiger charge is -2.44. The van der Waals surface area contributed by atoms with Gasteiger partial charge in [-0.1, -0.05) is 20.3 Å². The van der Waals surface area contributed by atoms with Gasteiger partial charge < -0.3 is 30.7 Å². The summed E-state index contributed by atoms with van der Waals surface area (Å²) < 4.78 is 30.6. The van der Waals surface area contributed by atoms with Crippen molar-refractivity contribution >= 4 is 17.7 Å². The number of carbonyl (C=O) groups excluding carboxylic acids is 1. The first-order valence-electron chi connectivity index (χ1n) is 10.7. The summed E-state index contributed by atoms with van der Waals surface area (Å²) in [6.07, 6.45) is -2.91. The number of carbonyl (C=O) groups is 1. The highest BCUT2D eigenvalue weighted by molar-refractivity contribution is 7.99. The van der Waals surface area contributed by atoms with Crippen LogP contribution in [0.3, 0.4) is 0 Å². The quantitative estimate of drug-likeness (QED) is 0.355. The Morgan fingerprint density at radius 1 is 1.23 bits per heavy atom. The highest BCUT2D eigenvalue weighted by Crippen LogP contribution is 2.31.